The Balaban J connectivity index is 2.61. The molecule has 1 aromatic heterocycles. The van der Waals surface area contributed by atoms with Crippen molar-refractivity contribution >= 4 is 17.1 Å². The second-order valence-corrected chi connectivity index (χ2v) is 6.16. The molecular formula is C16H18OS. The van der Waals surface area contributed by atoms with Crippen LogP contribution >= 0.6 is 11.3 Å². The summed E-state index contributed by atoms with van der Waals surface area (Å²) >= 11 is 1.57. The molecule has 0 aliphatic carbocycles. The van der Waals surface area contributed by atoms with Gasteiger partial charge in [0, 0.05) is 10.4 Å². The number of thiophene rings is 1. The fourth-order valence-corrected chi connectivity index (χ4v) is 3.05. The van der Waals surface area contributed by atoms with E-state index in [1.54, 1.807) is 11.3 Å². The highest BCUT2D eigenvalue weighted by Gasteiger charge is 2.18. The van der Waals surface area contributed by atoms with E-state index in [9.17, 15) is 4.79 Å². The average Bonchev–Trinajstić information content (AvgIpc) is 2.73. The van der Waals surface area contributed by atoms with Crippen LogP contribution in [0.4, 0.5) is 0 Å². The van der Waals surface area contributed by atoms with Crippen LogP contribution in [0.5, 0.6) is 0 Å². The van der Waals surface area contributed by atoms with Crippen LogP contribution in [-0.4, -0.2) is 5.78 Å². The van der Waals surface area contributed by atoms with Gasteiger partial charge in [-0.3, -0.25) is 4.79 Å². The molecule has 1 aromatic carbocycles. The lowest BCUT2D eigenvalue weighted by Crippen LogP contribution is -2.07. The zero-order chi connectivity index (χ0) is 13.4. The summed E-state index contributed by atoms with van der Waals surface area (Å²) in [6.07, 6.45) is 0. The molecule has 0 radical (unpaired) electrons. The number of benzene rings is 1. The van der Waals surface area contributed by atoms with Crippen molar-refractivity contribution < 1.29 is 4.79 Å². The van der Waals surface area contributed by atoms with Crippen LogP contribution in [0.15, 0.2) is 18.2 Å². The van der Waals surface area contributed by atoms with E-state index in [0.29, 0.717) is 0 Å². The molecule has 0 aliphatic heterocycles. The second kappa shape index (κ2) is 4.69. The van der Waals surface area contributed by atoms with Gasteiger partial charge in [-0.1, -0.05) is 6.07 Å². The van der Waals surface area contributed by atoms with Crippen molar-refractivity contribution in [2.75, 3.05) is 0 Å². The van der Waals surface area contributed by atoms with Crippen LogP contribution < -0.4 is 0 Å². The molecule has 0 fully saturated rings. The SMILES string of the molecule is Cc1ccc(C(=O)c2c(C)c(C)cc(C)c2C)s1. The first-order chi connectivity index (χ1) is 8.41. The van der Waals surface area contributed by atoms with Gasteiger partial charge < -0.3 is 0 Å². The van der Waals surface area contributed by atoms with E-state index < -0.39 is 0 Å². The molecule has 0 N–H and O–H groups in total. The minimum Gasteiger partial charge on any atom is -0.288 e. The van der Waals surface area contributed by atoms with Crippen molar-refractivity contribution in [1.29, 1.82) is 0 Å². The van der Waals surface area contributed by atoms with Gasteiger partial charge in [0.1, 0.15) is 0 Å². The van der Waals surface area contributed by atoms with Crippen LogP contribution in [0.25, 0.3) is 0 Å². The molecule has 1 nitrogen and oxygen atoms in total. The van der Waals surface area contributed by atoms with E-state index in [0.717, 1.165) is 21.6 Å². The van der Waals surface area contributed by atoms with Gasteiger partial charge in [0.05, 0.1) is 4.88 Å². The summed E-state index contributed by atoms with van der Waals surface area (Å²) in [7, 11) is 0. The number of hydrogen-bond donors (Lipinski definition) is 0. The molecule has 2 rings (SSSR count). The zero-order valence-corrected chi connectivity index (χ0v) is 12.4. The standard InChI is InChI=1S/C16H18OS/c1-9-8-10(2)13(5)15(12(9)4)16(17)14-7-6-11(3)18-14/h6-8H,1-5H3. The Morgan fingerprint density at radius 1 is 0.944 bits per heavy atom. The summed E-state index contributed by atoms with van der Waals surface area (Å²) in [5.41, 5.74) is 5.47. The largest absolute Gasteiger partial charge is 0.288 e. The molecule has 0 aliphatic rings. The lowest BCUT2D eigenvalue weighted by Gasteiger charge is -2.13. The van der Waals surface area contributed by atoms with E-state index in [1.807, 2.05) is 32.9 Å². The highest BCUT2D eigenvalue weighted by atomic mass is 32.1. The molecular weight excluding hydrogens is 240 g/mol. The van der Waals surface area contributed by atoms with E-state index in [-0.39, 0.29) is 5.78 Å². The van der Waals surface area contributed by atoms with Gasteiger partial charge in [0.15, 0.2) is 0 Å². The number of aryl methyl sites for hydroxylation is 3. The van der Waals surface area contributed by atoms with Crippen molar-refractivity contribution in [2.24, 2.45) is 0 Å². The van der Waals surface area contributed by atoms with Gasteiger partial charge in [0.25, 0.3) is 0 Å². The molecule has 0 bridgehead atoms. The van der Waals surface area contributed by atoms with Gasteiger partial charge in [-0.25, -0.2) is 0 Å². The summed E-state index contributed by atoms with van der Waals surface area (Å²) in [5, 5.41) is 0. The Bertz CT molecular complexity index is 594. The van der Waals surface area contributed by atoms with Gasteiger partial charge in [0.2, 0.25) is 5.78 Å². The van der Waals surface area contributed by atoms with Crippen molar-refractivity contribution in [1.82, 2.24) is 0 Å². The van der Waals surface area contributed by atoms with E-state index in [1.165, 1.54) is 16.0 Å². The third-order valence-electron chi connectivity index (χ3n) is 3.56. The fourth-order valence-electron chi connectivity index (χ4n) is 2.24. The second-order valence-electron chi connectivity index (χ2n) is 4.87. The number of carbonyl (C=O) groups is 1. The van der Waals surface area contributed by atoms with Crippen molar-refractivity contribution in [3.63, 3.8) is 0 Å². The number of hydrogen-bond acceptors (Lipinski definition) is 2. The van der Waals surface area contributed by atoms with Crippen LogP contribution in [-0.2, 0) is 0 Å². The number of ketones is 1. The van der Waals surface area contributed by atoms with Crippen molar-refractivity contribution in [2.45, 2.75) is 34.6 Å². The average molecular weight is 258 g/mol. The van der Waals surface area contributed by atoms with Crippen molar-refractivity contribution in [3.8, 4) is 0 Å². The van der Waals surface area contributed by atoms with Gasteiger partial charge in [-0.15, -0.1) is 11.3 Å². The first-order valence-corrected chi connectivity index (χ1v) is 6.92. The molecule has 0 atom stereocenters. The summed E-state index contributed by atoms with van der Waals surface area (Å²) in [6.45, 7) is 10.2. The third-order valence-corrected chi connectivity index (χ3v) is 4.56. The molecule has 1 heterocycles. The minimum absolute atomic E-state index is 0.162. The molecule has 94 valence electrons. The Labute approximate surface area is 112 Å². The van der Waals surface area contributed by atoms with Gasteiger partial charge >= 0.3 is 0 Å². The number of carbonyl (C=O) groups excluding carboxylic acids is 1. The predicted octanol–water partition coefficient (Wildman–Crippen LogP) is 4.52. The number of rotatable bonds is 2. The van der Waals surface area contributed by atoms with Crippen LogP contribution in [0.2, 0.25) is 0 Å². The van der Waals surface area contributed by atoms with E-state index in [4.69, 9.17) is 0 Å². The Kier molecular flexibility index (Phi) is 3.40. The maximum absolute atomic E-state index is 12.6. The minimum atomic E-state index is 0.162. The monoisotopic (exact) mass is 258 g/mol. The summed E-state index contributed by atoms with van der Waals surface area (Å²) in [5.74, 6) is 0.162. The maximum atomic E-state index is 12.6. The van der Waals surface area contributed by atoms with Crippen molar-refractivity contribution in [3.05, 3.63) is 55.8 Å². The smallest absolute Gasteiger partial charge is 0.203 e. The van der Waals surface area contributed by atoms with Crippen LogP contribution in [0.1, 0.15) is 42.4 Å². The third kappa shape index (κ3) is 2.13. The van der Waals surface area contributed by atoms with E-state index >= 15 is 0 Å². The highest BCUT2D eigenvalue weighted by molar-refractivity contribution is 7.14. The van der Waals surface area contributed by atoms with Crippen LogP contribution in [0.3, 0.4) is 0 Å². The first kappa shape index (κ1) is 13.0. The molecule has 0 saturated heterocycles. The molecule has 18 heavy (non-hydrogen) atoms. The molecule has 0 unspecified atom stereocenters. The van der Waals surface area contributed by atoms with E-state index in [2.05, 4.69) is 19.9 Å². The zero-order valence-electron chi connectivity index (χ0n) is 11.5. The fraction of sp³-hybridized carbons (Fsp3) is 0.312. The summed E-state index contributed by atoms with van der Waals surface area (Å²) < 4.78 is 0. The van der Waals surface area contributed by atoms with Crippen LogP contribution in [0, 0.1) is 34.6 Å². The maximum Gasteiger partial charge on any atom is 0.203 e. The molecule has 2 aromatic rings. The van der Waals surface area contributed by atoms with Gasteiger partial charge in [-0.05, 0) is 69.0 Å². The quantitative estimate of drug-likeness (QED) is 0.724. The lowest BCUT2D eigenvalue weighted by atomic mass is 9.91. The molecule has 0 spiro atoms. The normalized spacial score (nSPS) is 10.7. The summed E-state index contributed by atoms with van der Waals surface area (Å²) in [4.78, 5) is 14.6. The topological polar surface area (TPSA) is 17.1 Å². The lowest BCUT2D eigenvalue weighted by molar-refractivity contribution is 0.104. The molecule has 0 saturated carbocycles. The molecule has 2 heteroatoms. The first-order valence-electron chi connectivity index (χ1n) is 6.10. The Hall–Kier alpha value is -1.41. The predicted molar refractivity (Wildman–Crippen MR) is 77.9 cm³/mol. The Morgan fingerprint density at radius 3 is 1.94 bits per heavy atom. The molecule has 0 amide bonds. The highest BCUT2D eigenvalue weighted by Crippen LogP contribution is 2.26. The van der Waals surface area contributed by atoms with Gasteiger partial charge in [-0.2, -0.15) is 0 Å². The Morgan fingerprint density at radius 2 is 1.50 bits per heavy atom. The summed E-state index contributed by atoms with van der Waals surface area (Å²) in [6, 6.07) is 6.09.